The SMILES string of the molecule is CCC[C@H]1CC[C@H]([C@H](O)c2cccc(Cl)c2)N1. The summed E-state index contributed by atoms with van der Waals surface area (Å²) in [5, 5.41) is 14.5. The Labute approximate surface area is 108 Å². The molecule has 1 fully saturated rings. The minimum atomic E-state index is -0.449. The number of aliphatic hydroxyl groups excluding tert-OH is 1. The average Bonchev–Trinajstić information content (AvgIpc) is 2.77. The Kier molecular flexibility index (Phi) is 4.43. The van der Waals surface area contributed by atoms with Crippen molar-refractivity contribution in [1.29, 1.82) is 0 Å². The van der Waals surface area contributed by atoms with E-state index in [4.69, 9.17) is 11.6 Å². The number of hydrogen-bond acceptors (Lipinski definition) is 2. The molecule has 2 nitrogen and oxygen atoms in total. The van der Waals surface area contributed by atoms with Crippen LogP contribution in [0.5, 0.6) is 0 Å². The van der Waals surface area contributed by atoms with Crippen molar-refractivity contribution in [3.8, 4) is 0 Å². The van der Waals surface area contributed by atoms with Gasteiger partial charge in [0.1, 0.15) is 0 Å². The minimum absolute atomic E-state index is 0.171. The molecule has 0 bridgehead atoms. The summed E-state index contributed by atoms with van der Waals surface area (Å²) >= 11 is 5.94. The number of hydrogen-bond donors (Lipinski definition) is 2. The Morgan fingerprint density at radius 1 is 1.47 bits per heavy atom. The number of rotatable bonds is 4. The molecule has 0 aliphatic carbocycles. The molecule has 0 unspecified atom stereocenters. The maximum absolute atomic E-state index is 10.3. The molecule has 3 heteroatoms. The Morgan fingerprint density at radius 2 is 2.29 bits per heavy atom. The van der Waals surface area contributed by atoms with Gasteiger partial charge in [-0.3, -0.25) is 0 Å². The molecule has 3 atom stereocenters. The second-order valence-electron chi connectivity index (χ2n) is 4.84. The van der Waals surface area contributed by atoms with E-state index in [0.717, 1.165) is 18.4 Å². The van der Waals surface area contributed by atoms with Gasteiger partial charge in [0.05, 0.1) is 6.10 Å². The van der Waals surface area contributed by atoms with Crippen molar-refractivity contribution in [3.63, 3.8) is 0 Å². The molecule has 0 aromatic heterocycles. The van der Waals surface area contributed by atoms with Crippen LogP contribution in [0.25, 0.3) is 0 Å². The van der Waals surface area contributed by atoms with Gasteiger partial charge in [0.25, 0.3) is 0 Å². The molecule has 1 aromatic carbocycles. The van der Waals surface area contributed by atoms with E-state index < -0.39 is 6.10 Å². The van der Waals surface area contributed by atoms with Crippen molar-refractivity contribution in [2.75, 3.05) is 0 Å². The monoisotopic (exact) mass is 253 g/mol. The number of benzene rings is 1. The molecule has 0 amide bonds. The van der Waals surface area contributed by atoms with Crippen molar-refractivity contribution in [3.05, 3.63) is 34.9 Å². The molecule has 2 rings (SSSR count). The zero-order chi connectivity index (χ0) is 12.3. The van der Waals surface area contributed by atoms with Crippen LogP contribution in [-0.4, -0.2) is 17.2 Å². The van der Waals surface area contributed by atoms with Gasteiger partial charge in [-0.05, 0) is 37.0 Å². The molecular formula is C14H20ClNO. The van der Waals surface area contributed by atoms with E-state index in [0.29, 0.717) is 11.1 Å². The molecule has 1 heterocycles. The molecule has 0 saturated carbocycles. The summed E-state index contributed by atoms with van der Waals surface area (Å²) in [6, 6.07) is 8.25. The maximum Gasteiger partial charge on any atom is 0.0943 e. The lowest BCUT2D eigenvalue weighted by molar-refractivity contribution is 0.135. The van der Waals surface area contributed by atoms with Crippen molar-refractivity contribution >= 4 is 11.6 Å². The summed E-state index contributed by atoms with van der Waals surface area (Å²) in [7, 11) is 0. The van der Waals surface area contributed by atoms with E-state index in [1.807, 2.05) is 24.3 Å². The van der Waals surface area contributed by atoms with Gasteiger partial charge in [0.15, 0.2) is 0 Å². The third-order valence-electron chi connectivity index (χ3n) is 3.48. The van der Waals surface area contributed by atoms with Crippen LogP contribution in [0, 0.1) is 0 Å². The molecular weight excluding hydrogens is 234 g/mol. The summed E-state index contributed by atoms with van der Waals surface area (Å²) in [5.74, 6) is 0. The number of halogens is 1. The van der Waals surface area contributed by atoms with Crippen LogP contribution in [-0.2, 0) is 0 Å². The number of aliphatic hydroxyl groups is 1. The third kappa shape index (κ3) is 3.21. The Balaban J connectivity index is 1.99. The first kappa shape index (κ1) is 12.9. The quantitative estimate of drug-likeness (QED) is 0.863. The smallest absolute Gasteiger partial charge is 0.0943 e. The normalized spacial score (nSPS) is 26.1. The van der Waals surface area contributed by atoms with Crippen molar-refractivity contribution in [2.24, 2.45) is 0 Å². The highest BCUT2D eigenvalue weighted by Crippen LogP contribution is 2.27. The lowest BCUT2D eigenvalue weighted by Crippen LogP contribution is -2.33. The van der Waals surface area contributed by atoms with Crippen LogP contribution in [0.4, 0.5) is 0 Å². The first-order chi connectivity index (χ1) is 8.20. The highest BCUT2D eigenvalue weighted by molar-refractivity contribution is 6.30. The predicted molar refractivity (Wildman–Crippen MR) is 71.3 cm³/mol. The molecule has 17 heavy (non-hydrogen) atoms. The molecule has 1 aliphatic rings. The van der Waals surface area contributed by atoms with E-state index in [1.165, 1.54) is 12.8 Å². The fourth-order valence-electron chi connectivity index (χ4n) is 2.60. The minimum Gasteiger partial charge on any atom is -0.387 e. The van der Waals surface area contributed by atoms with Gasteiger partial charge >= 0.3 is 0 Å². The highest BCUT2D eigenvalue weighted by Gasteiger charge is 2.29. The van der Waals surface area contributed by atoms with Gasteiger partial charge in [0, 0.05) is 17.1 Å². The topological polar surface area (TPSA) is 32.3 Å². The molecule has 94 valence electrons. The molecule has 1 aliphatic heterocycles. The summed E-state index contributed by atoms with van der Waals surface area (Å²) in [6.45, 7) is 2.20. The first-order valence-electron chi connectivity index (χ1n) is 6.40. The summed E-state index contributed by atoms with van der Waals surface area (Å²) in [4.78, 5) is 0. The number of nitrogens with one attached hydrogen (secondary N) is 1. The van der Waals surface area contributed by atoms with Crippen molar-refractivity contribution < 1.29 is 5.11 Å². The van der Waals surface area contributed by atoms with Gasteiger partial charge in [-0.25, -0.2) is 0 Å². The van der Waals surface area contributed by atoms with E-state index in [9.17, 15) is 5.11 Å². The third-order valence-corrected chi connectivity index (χ3v) is 3.72. The van der Waals surface area contributed by atoms with Crippen LogP contribution in [0.1, 0.15) is 44.3 Å². The van der Waals surface area contributed by atoms with Crippen molar-refractivity contribution in [2.45, 2.75) is 50.8 Å². The predicted octanol–water partition coefficient (Wildman–Crippen LogP) is 3.29. The van der Waals surface area contributed by atoms with Crippen LogP contribution >= 0.6 is 11.6 Å². The van der Waals surface area contributed by atoms with Crippen LogP contribution in [0.3, 0.4) is 0 Å². The lowest BCUT2D eigenvalue weighted by atomic mass is 10.0. The largest absolute Gasteiger partial charge is 0.387 e. The van der Waals surface area contributed by atoms with Crippen LogP contribution < -0.4 is 5.32 Å². The summed E-state index contributed by atoms with van der Waals surface area (Å²) < 4.78 is 0. The highest BCUT2D eigenvalue weighted by atomic mass is 35.5. The Morgan fingerprint density at radius 3 is 3.00 bits per heavy atom. The van der Waals surface area contributed by atoms with E-state index in [-0.39, 0.29) is 6.04 Å². The molecule has 2 N–H and O–H groups in total. The second-order valence-corrected chi connectivity index (χ2v) is 5.27. The molecule has 0 spiro atoms. The lowest BCUT2D eigenvalue weighted by Gasteiger charge is -2.20. The van der Waals surface area contributed by atoms with Gasteiger partial charge < -0.3 is 10.4 Å². The zero-order valence-electron chi connectivity index (χ0n) is 10.2. The Hall–Kier alpha value is -0.570. The molecule has 1 saturated heterocycles. The fourth-order valence-corrected chi connectivity index (χ4v) is 2.80. The second kappa shape index (κ2) is 5.85. The maximum atomic E-state index is 10.3. The van der Waals surface area contributed by atoms with Crippen LogP contribution in [0.15, 0.2) is 24.3 Å². The van der Waals surface area contributed by atoms with Crippen LogP contribution in [0.2, 0.25) is 5.02 Å². The molecule has 0 radical (unpaired) electrons. The van der Waals surface area contributed by atoms with Gasteiger partial charge in [0.2, 0.25) is 0 Å². The first-order valence-corrected chi connectivity index (χ1v) is 6.78. The Bertz CT molecular complexity index is 369. The standard InChI is InChI=1S/C14H20ClNO/c1-2-4-12-7-8-13(16-12)14(17)10-5-3-6-11(15)9-10/h3,5-6,9,12-14,16-17H,2,4,7-8H2,1H3/t12-,13+,14+/m0/s1. The van der Waals surface area contributed by atoms with E-state index in [2.05, 4.69) is 12.2 Å². The molecule has 1 aromatic rings. The van der Waals surface area contributed by atoms with E-state index >= 15 is 0 Å². The summed E-state index contributed by atoms with van der Waals surface area (Å²) in [5.41, 5.74) is 0.909. The average molecular weight is 254 g/mol. The van der Waals surface area contributed by atoms with Gasteiger partial charge in [-0.2, -0.15) is 0 Å². The van der Waals surface area contributed by atoms with E-state index in [1.54, 1.807) is 0 Å². The summed E-state index contributed by atoms with van der Waals surface area (Å²) in [6.07, 6.45) is 4.14. The zero-order valence-corrected chi connectivity index (χ0v) is 11.0. The fraction of sp³-hybridized carbons (Fsp3) is 0.571. The van der Waals surface area contributed by atoms with Gasteiger partial charge in [-0.15, -0.1) is 0 Å². The van der Waals surface area contributed by atoms with Gasteiger partial charge in [-0.1, -0.05) is 37.1 Å². The van der Waals surface area contributed by atoms with Crippen molar-refractivity contribution in [1.82, 2.24) is 5.32 Å².